The van der Waals surface area contributed by atoms with Crippen molar-refractivity contribution in [3.63, 3.8) is 0 Å². The maximum absolute atomic E-state index is 5.33. The van der Waals surface area contributed by atoms with Gasteiger partial charge >= 0.3 is 0 Å². The molecule has 4 heterocycles. The van der Waals surface area contributed by atoms with Crippen LogP contribution in [0.3, 0.4) is 0 Å². The zero-order chi connectivity index (χ0) is 31.2. The number of thiophene rings is 1. The van der Waals surface area contributed by atoms with Gasteiger partial charge in [0.25, 0.3) is 0 Å². The van der Waals surface area contributed by atoms with E-state index in [1.165, 1.54) is 15.5 Å². The average Bonchev–Trinajstić information content (AvgIpc) is 3.53. The summed E-state index contributed by atoms with van der Waals surface area (Å²) in [4.78, 5) is 24.7. The van der Waals surface area contributed by atoms with Gasteiger partial charge in [-0.1, -0.05) is 127 Å². The lowest BCUT2D eigenvalue weighted by atomic mass is 10.0. The highest BCUT2D eigenvalue weighted by Gasteiger charge is 2.18. The molecule has 0 N–H and O–H groups in total. The van der Waals surface area contributed by atoms with Gasteiger partial charge in [-0.3, -0.25) is 4.98 Å². The third-order valence-electron chi connectivity index (χ3n) is 8.39. The van der Waals surface area contributed by atoms with Crippen LogP contribution in [-0.4, -0.2) is 24.9 Å². The molecule has 5 nitrogen and oxygen atoms in total. The fraction of sp³-hybridized carbons (Fsp3) is 0. The normalized spacial score (nSPS) is 11.4. The lowest BCUT2D eigenvalue weighted by Gasteiger charge is -2.11. The lowest BCUT2D eigenvalue weighted by molar-refractivity contribution is 1.07. The molecule has 0 amide bonds. The second kappa shape index (κ2) is 11.4. The molecule has 9 aromatic rings. The molecule has 0 aliphatic heterocycles. The van der Waals surface area contributed by atoms with E-state index in [0.717, 1.165) is 54.8 Å². The van der Waals surface area contributed by atoms with Crippen LogP contribution < -0.4 is 0 Å². The summed E-state index contributed by atoms with van der Waals surface area (Å²) >= 11 is 1.78. The minimum absolute atomic E-state index is 0.625. The lowest BCUT2D eigenvalue weighted by Crippen LogP contribution is -2.00. The van der Waals surface area contributed by atoms with E-state index in [1.54, 1.807) is 11.3 Å². The van der Waals surface area contributed by atoms with Gasteiger partial charge in [0, 0.05) is 54.9 Å². The van der Waals surface area contributed by atoms with Crippen molar-refractivity contribution in [1.82, 2.24) is 24.9 Å². The first-order valence-corrected chi connectivity index (χ1v) is 16.2. The number of hydrogen-bond donors (Lipinski definition) is 0. The standard InChI is InChI=1S/C41H25N5S/c1-3-11-28(12-4-1)39-44-40(29-13-5-2-6-14-29)46-41(45-39)30-22-20-27(21-23-30)37-38-33(31-17-7-8-19-35(31)47-38)25-34(43-37)32-18-9-15-26-16-10-24-42-36(26)32/h1-25H. The van der Waals surface area contributed by atoms with E-state index in [2.05, 4.69) is 78.9 Å². The maximum Gasteiger partial charge on any atom is 0.164 e. The van der Waals surface area contributed by atoms with Gasteiger partial charge < -0.3 is 0 Å². The van der Waals surface area contributed by atoms with Gasteiger partial charge in [-0.05, 0) is 18.2 Å². The van der Waals surface area contributed by atoms with E-state index >= 15 is 0 Å². The molecule has 6 heteroatoms. The van der Waals surface area contributed by atoms with E-state index in [-0.39, 0.29) is 0 Å². The largest absolute Gasteiger partial charge is 0.256 e. The van der Waals surface area contributed by atoms with Crippen LogP contribution in [0.5, 0.6) is 0 Å². The molecule has 0 saturated heterocycles. The Labute approximate surface area is 275 Å². The van der Waals surface area contributed by atoms with Crippen LogP contribution in [0, 0.1) is 0 Å². The second-order valence-electron chi connectivity index (χ2n) is 11.3. The third-order valence-corrected chi connectivity index (χ3v) is 9.58. The summed E-state index contributed by atoms with van der Waals surface area (Å²) in [6.45, 7) is 0. The van der Waals surface area contributed by atoms with Gasteiger partial charge in [-0.25, -0.2) is 19.9 Å². The molecule has 0 fully saturated rings. The summed E-state index contributed by atoms with van der Waals surface area (Å²) in [5.74, 6) is 1.91. The van der Waals surface area contributed by atoms with Crippen molar-refractivity contribution < 1.29 is 0 Å². The molecule has 0 aliphatic rings. The molecule has 0 aliphatic carbocycles. The van der Waals surface area contributed by atoms with Crippen molar-refractivity contribution >= 4 is 42.4 Å². The quantitative estimate of drug-likeness (QED) is 0.192. The Morgan fingerprint density at radius 1 is 0.447 bits per heavy atom. The fourth-order valence-corrected chi connectivity index (χ4v) is 7.28. The Hall–Kier alpha value is -6.11. The van der Waals surface area contributed by atoms with E-state index in [0.29, 0.717) is 17.5 Å². The first kappa shape index (κ1) is 27.2. The summed E-state index contributed by atoms with van der Waals surface area (Å²) in [6.07, 6.45) is 1.84. The number of rotatable bonds is 5. The molecule has 0 spiro atoms. The van der Waals surface area contributed by atoms with Crippen molar-refractivity contribution in [2.45, 2.75) is 0 Å². The van der Waals surface area contributed by atoms with Crippen LogP contribution in [0.25, 0.3) is 87.8 Å². The first-order valence-electron chi connectivity index (χ1n) is 15.4. The number of nitrogens with zero attached hydrogens (tertiary/aromatic N) is 5. The number of fused-ring (bicyclic) bond motifs is 4. The molecule has 0 bridgehead atoms. The molecule has 5 aromatic carbocycles. The highest BCUT2D eigenvalue weighted by atomic mass is 32.1. The van der Waals surface area contributed by atoms with Crippen molar-refractivity contribution in [1.29, 1.82) is 0 Å². The molecule has 0 saturated carbocycles. The third kappa shape index (κ3) is 4.92. The molecule has 4 aromatic heterocycles. The molecule has 47 heavy (non-hydrogen) atoms. The SMILES string of the molecule is c1ccc(-c2nc(-c3ccccc3)nc(-c3ccc(-c4nc(-c5cccc6cccnc56)cc5c4sc4ccccc45)cc3)n2)cc1. The number of hydrogen-bond acceptors (Lipinski definition) is 6. The Kier molecular flexibility index (Phi) is 6.58. The van der Waals surface area contributed by atoms with Crippen LogP contribution in [0.15, 0.2) is 152 Å². The van der Waals surface area contributed by atoms with Crippen molar-refractivity contribution in [2.24, 2.45) is 0 Å². The van der Waals surface area contributed by atoms with Crippen LogP contribution in [0.2, 0.25) is 0 Å². The summed E-state index contributed by atoms with van der Waals surface area (Å²) < 4.78 is 2.40. The highest BCUT2D eigenvalue weighted by molar-refractivity contribution is 7.26. The van der Waals surface area contributed by atoms with Gasteiger partial charge in [-0.2, -0.15) is 0 Å². The van der Waals surface area contributed by atoms with E-state index in [9.17, 15) is 0 Å². The Bertz CT molecular complexity index is 2500. The monoisotopic (exact) mass is 619 g/mol. The second-order valence-corrected chi connectivity index (χ2v) is 12.4. The van der Waals surface area contributed by atoms with Crippen LogP contribution in [0.1, 0.15) is 0 Å². The Balaban J connectivity index is 1.20. The van der Waals surface area contributed by atoms with Crippen molar-refractivity contribution in [3.8, 4) is 56.7 Å². The summed E-state index contributed by atoms with van der Waals surface area (Å²) in [5, 5.41) is 3.52. The predicted octanol–water partition coefficient (Wildman–Crippen LogP) is 10.5. The first-order chi connectivity index (χ1) is 23.3. The van der Waals surface area contributed by atoms with Gasteiger partial charge in [0.05, 0.1) is 21.6 Å². The highest BCUT2D eigenvalue weighted by Crippen LogP contribution is 2.42. The molecular formula is C41H25N5S. The topological polar surface area (TPSA) is 64.5 Å². The number of benzene rings is 5. The van der Waals surface area contributed by atoms with Crippen LogP contribution in [-0.2, 0) is 0 Å². The molecule has 0 atom stereocenters. The number of aromatic nitrogens is 5. The molecule has 0 unspecified atom stereocenters. The number of pyridine rings is 2. The van der Waals surface area contributed by atoms with E-state index in [4.69, 9.17) is 24.9 Å². The summed E-state index contributed by atoms with van der Waals surface area (Å²) in [5.41, 5.74) is 7.65. The number of para-hydroxylation sites is 1. The van der Waals surface area contributed by atoms with Gasteiger partial charge in [0.1, 0.15) is 0 Å². The Morgan fingerprint density at radius 2 is 1.04 bits per heavy atom. The molecular weight excluding hydrogens is 595 g/mol. The average molecular weight is 620 g/mol. The van der Waals surface area contributed by atoms with E-state index < -0.39 is 0 Å². The minimum Gasteiger partial charge on any atom is -0.256 e. The zero-order valence-electron chi connectivity index (χ0n) is 25.1. The van der Waals surface area contributed by atoms with Crippen molar-refractivity contribution in [2.75, 3.05) is 0 Å². The van der Waals surface area contributed by atoms with Crippen LogP contribution in [0.4, 0.5) is 0 Å². The molecule has 220 valence electrons. The van der Waals surface area contributed by atoms with Crippen LogP contribution >= 0.6 is 11.3 Å². The minimum atomic E-state index is 0.625. The Morgan fingerprint density at radius 3 is 1.74 bits per heavy atom. The summed E-state index contributed by atoms with van der Waals surface area (Å²) in [7, 11) is 0. The molecule has 0 radical (unpaired) electrons. The zero-order valence-corrected chi connectivity index (χ0v) is 25.9. The van der Waals surface area contributed by atoms with E-state index in [1.807, 2.05) is 72.9 Å². The predicted molar refractivity (Wildman–Crippen MR) is 193 cm³/mol. The maximum atomic E-state index is 5.33. The summed E-state index contributed by atoms with van der Waals surface area (Å²) in [6, 6.07) is 49.7. The smallest absolute Gasteiger partial charge is 0.164 e. The fourth-order valence-electron chi connectivity index (χ4n) is 6.08. The van der Waals surface area contributed by atoms with Crippen molar-refractivity contribution in [3.05, 3.63) is 152 Å². The molecule has 9 rings (SSSR count). The van der Waals surface area contributed by atoms with Gasteiger partial charge in [0.15, 0.2) is 17.5 Å². The van der Waals surface area contributed by atoms with Gasteiger partial charge in [-0.15, -0.1) is 11.3 Å². The van der Waals surface area contributed by atoms with Gasteiger partial charge in [0.2, 0.25) is 0 Å².